The zero-order chi connectivity index (χ0) is 19.6. The van der Waals surface area contributed by atoms with Crippen molar-refractivity contribution in [3.8, 4) is 5.75 Å². The van der Waals surface area contributed by atoms with Gasteiger partial charge in [0.15, 0.2) is 26.9 Å². The molecule has 0 aliphatic rings. The highest BCUT2D eigenvalue weighted by Gasteiger charge is 2.19. The molecule has 0 saturated heterocycles. The van der Waals surface area contributed by atoms with Gasteiger partial charge in [0.1, 0.15) is 0 Å². The lowest BCUT2D eigenvalue weighted by molar-refractivity contribution is 0.0909. The first-order valence-electron chi connectivity index (χ1n) is 8.51. The van der Waals surface area contributed by atoms with Crippen LogP contribution in [0.25, 0.3) is 11.0 Å². The molecule has 6 nitrogen and oxygen atoms in total. The van der Waals surface area contributed by atoms with Crippen LogP contribution >= 0.6 is 0 Å². The molecule has 0 radical (unpaired) electrons. The molecule has 0 bridgehead atoms. The van der Waals surface area contributed by atoms with Gasteiger partial charge >= 0.3 is 0 Å². The van der Waals surface area contributed by atoms with E-state index >= 15 is 0 Å². The van der Waals surface area contributed by atoms with Crippen molar-refractivity contribution in [3.63, 3.8) is 0 Å². The molecule has 0 spiro atoms. The number of hydrogen-bond acceptors (Lipinski definition) is 5. The maximum absolute atomic E-state index is 12.6. The minimum Gasteiger partial charge on any atom is -0.493 e. The van der Waals surface area contributed by atoms with Crippen LogP contribution in [0.2, 0.25) is 0 Å². The molecule has 1 amide bonds. The van der Waals surface area contributed by atoms with Gasteiger partial charge in [0, 0.05) is 11.6 Å². The first-order chi connectivity index (χ1) is 12.8. The normalized spacial score (nSPS) is 12.7. The molecule has 2 aromatic carbocycles. The van der Waals surface area contributed by atoms with Crippen LogP contribution in [-0.2, 0) is 9.84 Å². The summed E-state index contributed by atoms with van der Waals surface area (Å²) in [6.45, 7) is 1.94. The largest absolute Gasteiger partial charge is 0.493 e. The third-order valence-corrected chi connectivity index (χ3v) is 5.50. The van der Waals surface area contributed by atoms with Gasteiger partial charge in [-0.3, -0.25) is 4.79 Å². The van der Waals surface area contributed by atoms with Gasteiger partial charge in [-0.05, 0) is 36.2 Å². The Morgan fingerprint density at radius 2 is 1.89 bits per heavy atom. The Kier molecular flexibility index (Phi) is 5.23. The monoisotopic (exact) mass is 387 g/mol. The number of fused-ring (bicyclic) bond motifs is 1. The van der Waals surface area contributed by atoms with Gasteiger partial charge in [-0.25, -0.2) is 8.42 Å². The number of para-hydroxylation sites is 1. The molecule has 1 heterocycles. The predicted molar refractivity (Wildman–Crippen MR) is 103 cm³/mol. The minimum atomic E-state index is -3.25. The molecule has 1 atom stereocenters. The molecule has 1 N–H and O–H groups in total. The van der Waals surface area contributed by atoms with E-state index in [4.69, 9.17) is 9.15 Å². The molecule has 0 saturated carbocycles. The standard InChI is InChI=1S/C20H21NO5S/c1-4-16(13-8-10-15(11-9-13)27(3,23)24)21-20(22)18-12-14-6-5-7-17(25-2)19(14)26-18/h5-12,16H,4H2,1-3H3,(H,21,22)/t16-/m1/s1. The number of rotatable bonds is 6. The summed E-state index contributed by atoms with van der Waals surface area (Å²) in [5.74, 6) is 0.419. The average Bonchev–Trinajstić information content (AvgIpc) is 3.09. The predicted octanol–water partition coefficient (Wildman–Crippen LogP) is 3.73. The van der Waals surface area contributed by atoms with Crippen LogP contribution in [0.5, 0.6) is 5.75 Å². The van der Waals surface area contributed by atoms with Crippen molar-refractivity contribution in [2.75, 3.05) is 13.4 Å². The van der Waals surface area contributed by atoms with Crippen molar-refractivity contribution in [2.45, 2.75) is 24.3 Å². The Labute approximate surface area is 158 Å². The first kappa shape index (κ1) is 19.0. The van der Waals surface area contributed by atoms with E-state index in [0.717, 1.165) is 17.2 Å². The fraction of sp³-hybridized carbons (Fsp3) is 0.250. The number of furan rings is 1. The van der Waals surface area contributed by atoms with Gasteiger partial charge in [0.2, 0.25) is 0 Å². The fourth-order valence-electron chi connectivity index (χ4n) is 2.91. The molecular weight excluding hydrogens is 366 g/mol. The number of methoxy groups -OCH3 is 1. The lowest BCUT2D eigenvalue weighted by Crippen LogP contribution is -2.27. The lowest BCUT2D eigenvalue weighted by Gasteiger charge is -2.17. The van der Waals surface area contributed by atoms with E-state index in [1.165, 1.54) is 0 Å². The Hall–Kier alpha value is -2.80. The van der Waals surface area contributed by atoms with E-state index in [0.29, 0.717) is 17.8 Å². The number of nitrogens with one attached hydrogen (secondary N) is 1. The second-order valence-corrected chi connectivity index (χ2v) is 8.28. The molecule has 3 rings (SSSR count). The van der Waals surface area contributed by atoms with Crippen LogP contribution in [0, 0.1) is 0 Å². The zero-order valence-electron chi connectivity index (χ0n) is 15.4. The summed E-state index contributed by atoms with van der Waals surface area (Å²) in [6, 6.07) is 13.4. The molecular formula is C20H21NO5S. The van der Waals surface area contributed by atoms with E-state index in [1.54, 1.807) is 43.5 Å². The van der Waals surface area contributed by atoms with E-state index < -0.39 is 9.84 Å². The second kappa shape index (κ2) is 7.44. The van der Waals surface area contributed by atoms with Crippen LogP contribution in [-0.4, -0.2) is 27.7 Å². The lowest BCUT2D eigenvalue weighted by atomic mass is 10.0. The summed E-state index contributed by atoms with van der Waals surface area (Å²) >= 11 is 0. The third kappa shape index (κ3) is 3.98. The van der Waals surface area contributed by atoms with Crippen molar-refractivity contribution < 1.29 is 22.4 Å². The topological polar surface area (TPSA) is 85.6 Å². The Morgan fingerprint density at radius 1 is 1.19 bits per heavy atom. The number of benzene rings is 2. The van der Waals surface area contributed by atoms with Gasteiger partial charge in [-0.2, -0.15) is 0 Å². The summed E-state index contributed by atoms with van der Waals surface area (Å²) in [7, 11) is -1.71. The van der Waals surface area contributed by atoms with Crippen molar-refractivity contribution in [2.24, 2.45) is 0 Å². The second-order valence-electron chi connectivity index (χ2n) is 6.26. The molecule has 0 fully saturated rings. The summed E-state index contributed by atoms with van der Waals surface area (Å²) in [4.78, 5) is 12.9. The highest BCUT2D eigenvalue weighted by Crippen LogP contribution is 2.29. The average molecular weight is 387 g/mol. The first-order valence-corrected chi connectivity index (χ1v) is 10.4. The van der Waals surface area contributed by atoms with Gasteiger partial charge in [-0.15, -0.1) is 0 Å². The van der Waals surface area contributed by atoms with Gasteiger partial charge in [0.05, 0.1) is 18.0 Å². The van der Waals surface area contributed by atoms with Crippen molar-refractivity contribution in [1.29, 1.82) is 0 Å². The molecule has 7 heteroatoms. The Bertz CT molecular complexity index is 1070. The number of ether oxygens (including phenoxy) is 1. The molecule has 3 aromatic rings. The fourth-order valence-corrected chi connectivity index (χ4v) is 3.54. The number of carbonyl (C=O) groups excluding carboxylic acids is 1. The zero-order valence-corrected chi connectivity index (χ0v) is 16.2. The van der Waals surface area contributed by atoms with Crippen LogP contribution < -0.4 is 10.1 Å². The number of hydrogen-bond donors (Lipinski definition) is 1. The number of carbonyl (C=O) groups is 1. The van der Waals surface area contributed by atoms with Crippen molar-refractivity contribution in [3.05, 3.63) is 59.9 Å². The Balaban J connectivity index is 1.83. The number of amides is 1. The van der Waals surface area contributed by atoms with E-state index in [2.05, 4.69) is 5.32 Å². The summed E-state index contributed by atoms with van der Waals surface area (Å²) in [5.41, 5.74) is 1.35. The highest BCUT2D eigenvalue weighted by molar-refractivity contribution is 7.90. The maximum Gasteiger partial charge on any atom is 0.287 e. The Morgan fingerprint density at radius 3 is 2.48 bits per heavy atom. The van der Waals surface area contributed by atoms with E-state index in [-0.39, 0.29) is 22.6 Å². The van der Waals surface area contributed by atoms with Gasteiger partial charge in [0.25, 0.3) is 5.91 Å². The molecule has 0 unspecified atom stereocenters. The van der Waals surface area contributed by atoms with Gasteiger partial charge in [-0.1, -0.05) is 31.2 Å². The minimum absolute atomic E-state index is 0.195. The van der Waals surface area contributed by atoms with Crippen LogP contribution in [0.15, 0.2) is 57.8 Å². The highest BCUT2D eigenvalue weighted by atomic mass is 32.2. The molecule has 0 aliphatic carbocycles. The van der Waals surface area contributed by atoms with E-state index in [1.807, 2.05) is 19.1 Å². The van der Waals surface area contributed by atoms with Crippen LogP contribution in [0.4, 0.5) is 0 Å². The SMILES string of the molecule is CC[C@@H](NC(=O)c1cc2cccc(OC)c2o1)c1ccc(S(C)(=O)=O)cc1. The molecule has 142 valence electrons. The van der Waals surface area contributed by atoms with E-state index in [9.17, 15) is 13.2 Å². The quantitative estimate of drug-likeness (QED) is 0.697. The van der Waals surface area contributed by atoms with Crippen molar-refractivity contribution >= 4 is 26.7 Å². The number of sulfone groups is 1. The summed E-state index contributed by atoms with van der Waals surface area (Å²) < 4.78 is 34.1. The van der Waals surface area contributed by atoms with Crippen LogP contribution in [0.1, 0.15) is 35.5 Å². The molecule has 1 aromatic heterocycles. The molecule has 0 aliphatic heterocycles. The molecule has 27 heavy (non-hydrogen) atoms. The smallest absolute Gasteiger partial charge is 0.287 e. The summed E-state index contributed by atoms with van der Waals surface area (Å²) in [5, 5.41) is 3.72. The van der Waals surface area contributed by atoms with Gasteiger partial charge < -0.3 is 14.5 Å². The van der Waals surface area contributed by atoms with Crippen molar-refractivity contribution in [1.82, 2.24) is 5.32 Å². The summed E-state index contributed by atoms with van der Waals surface area (Å²) in [6.07, 6.45) is 1.81. The van der Waals surface area contributed by atoms with Crippen LogP contribution in [0.3, 0.4) is 0 Å². The maximum atomic E-state index is 12.6. The third-order valence-electron chi connectivity index (χ3n) is 4.38.